The van der Waals surface area contributed by atoms with E-state index in [2.05, 4.69) is 31.4 Å². The topological polar surface area (TPSA) is 96.2 Å². The summed E-state index contributed by atoms with van der Waals surface area (Å²) in [7, 11) is 3.47. The molecule has 2 aromatic carbocycles. The summed E-state index contributed by atoms with van der Waals surface area (Å²) < 4.78 is 19.9. The molecule has 1 saturated heterocycles. The maximum absolute atomic E-state index is 6.32. The zero-order valence-electron chi connectivity index (χ0n) is 18.0. The number of ether oxygens (including phenoxy) is 3. The Bertz CT molecular complexity index is 1480. The number of anilines is 2. The van der Waals surface area contributed by atoms with Gasteiger partial charge in [0.1, 0.15) is 24.0 Å². The van der Waals surface area contributed by atoms with E-state index in [9.17, 15) is 0 Å². The largest absolute Gasteiger partial charge is 0.485 e. The number of methoxy groups -OCH3 is 1. The maximum atomic E-state index is 6.32. The molecule has 1 aliphatic heterocycles. The van der Waals surface area contributed by atoms with Gasteiger partial charge in [-0.1, -0.05) is 0 Å². The van der Waals surface area contributed by atoms with Crippen LogP contribution in [0.2, 0.25) is 0 Å². The van der Waals surface area contributed by atoms with Crippen LogP contribution in [-0.4, -0.2) is 51.2 Å². The highest BCUT2D eigenvalue weighted by Gasteiger charge is 2.24. The molecule has 3 aromatic heterocycles. The van der Waals surface area contributed by atoms with Crippen LogP contribution in [0.15, 0.2) is 48.4 Å². The highest BCUT2D eigenvalue weighted by molar-refractivity contribution is 7.16. The molecular weight excluding hydrogens is 440 g/mol. The summed E-state index contributed by atoms with van der Waals surface area (Å²) in [6, 6.07) is 10.0. The zero-order chi connectivity index (χ0) is 22.4. The number of aromatic nitrogens is 5. The number of hydrogen-bond donors (Lipinski definition) is 1. The van der Waals surface area contributed by atoms with Gasteiger partial charge in [0.25, 0.3) is 0 Å². The van der Waals surface area contributed by atoms with Crippen molar-refractivity contribution < 1.29 is 14.2 Å². The van der Waals surface area contributed by atoms with Crippen molar-refractivity contribution in [3.63, 3.8) is 0 Å². The van der Waals surface area contributed by atoms with Crippen LogP contribution in [0.4, 0.5) is 11.5 Å². The Morgan fingerprint density at radius 3 is 2.85 bits per heavy atom. The van der Waals surface area contributed by atoms with Crippen molar-refractivity contribution in [2.45, 2.75) is 6.10 Å². The van der Waals surface area contributed by atoms with Crippen molar-refractivity contribution in [3.05, 3.63) is 48.4 Å². The molecule has 0 amide bonds. The van der Waals surface area contributed by atoms with Crippen LogP contribution in [0.3, 0.4) is 0 Å². The van der Waals surface area contributed by atoms with Crippen molar-refractivity contribution >= 4 is 44.0 Å². The Labute approximate surface area is 193 Å². The Morgan fingerprint density at radius 2 is 2.03 bits per heavy atom. The summed E-state index contributed by atoms with van der Waals surface area (Å²) in [4.78, 5) is 13.4. The number of nitrogens with zero attached hydrogens (tertiary/aromatic N) is 5. The van der Waals surface area contributed by atoms with Crippen LogP contribution in [0.5, 0.6) is 11.6 Å². The summed E-state index contributed by atoms with van der Waals surface area (Å²) in [5.41, 5.74) is 6.25. The molecule has 166 valence electrons. The van der Waals surface area contributed by atoms with Crippen molar-refractivity contribution in [2.75, 3.05) is 25.6 Å². The number of nitrogens with one attached hydrogen (secondary N) is 1. The summed E-state index contributed by atoms with van der Waals surface area (Å²) in [6.07, 6.45) is 3.46. The van der Waals surface area contributed by atoms with Gasteiger partial charge in [0.15, 0.2) is 0 Å². The fraction of sp³-hybridized carbons (Fsp3) is 0.217. The minimum absolute atomic E-state index is 0.0131. The minimum atomic E-state index is -0.0131. The van der Waals surface area contributed by atoms with Crippen LogP contribution in [0.25, 0.3) is 32.2 Å². The van der Waals surface area contributed by atoms with E-state index in [4.69, 9.17) is 14.2 Å². The van der Waals surface area contributed by atoms with E-state index in [0.29, 0.717) is 30.7 Å². The Kier molecular flexibility index (Phi) is 4.81. The first-order valence-corrected chi connectivity index (χ1v) is 11.3. The fourth-order valence-corrected chi connectivity index (χ4v) is 4.56. The lowest BCUT2D eigenvalue weighted by atomic mass is 10.0. The van der Waals surface area contributed by atoms with Gasteiger partial charge in [-0.3, -0.25) is 4.68 Å². The molecule has 0 radical (unpaired) electrons. The molecular formula is C23H20N6O3S. The molecule has 5 aromatic rings. The van der Waals surface area contributed by atoms with E-state index in [1.54, 1.807) is 29.5 Å². The summed E-state index contributed by atoms with van der Waals surface area (Å²) in [5, 5.41) is 8.63. The zero-order valence-corrected chi connectivity index (χ0v) is 18.8. The number of fused-ring (bicyclic) bond motifs is 2. The Balaban J connectivity index is 1.48. The quantitative estimate of drug-likeness (QED) is 0.403. The first kappa shape index (κ1) is 19.9. The van der Waals surface area contributed by atoms with Gasteiger partial charge in [-0.25, -0.2) is 15.0 Å². The van der Waals surface area contributed by atoms with Gasteiger partial charge in [0.2, 0.25) is 5.88 Å². The molecule has 6 rings (SSSR count). The molecule has 0 aliphatic carbocycles. The lowest BCUT2D eigenvalue weighted by Crippen LogP contribution is -2.38. The van der Waals surface area contributed by atoms with Crippen molar-refractivity contribution in [3.8, 4) is 22.8 Å². The smallest absolute Gasteiger partial charge is 0.240 e. The van der Waals surface area contributed by atoms with Gasteiger partial charge >= 0.3 is 0 Å². The Hall–Kier alpha value is -3.76. The molecule has 1 N–H and O–H groups in total. The minimum Gasteiger partial charge on any atom is -0.485 e. The van der Waals surface area contributed by atoms with Gasteiger partial charge in [-0.15, -0.1) is 16.4 Å². The van der Waals surface area contributed by atoms with Gasteiger partial charge in [0.05, 0.1) is 52.5 Å². The standard InChI is InChI=1S/C23H20N6O3S/c1-29-8-16(23(28-29)30-2)13-5-18-21(19(6-13)32-15-9-31-10-15)22(25-11-24-18)27-14-3-4-17-20(7-14)33-12-26-17/h3-8,11-12,15H,9-10H2,1-2H3,(H,24,25,27). The SMILES string of the molecule is COc1nn(C)cc1-c1cc(OC2COC2)c2c(Nc3ccc4ncsc4c3)ncnc2c1. The predicted octanol–water partition coefficient (Wildman–Crippen LogP) is 4.17. The van der Waals surface area contributed by atoms with E-state index in [1.165, 1.54) is 0 Å². The van der Waals surface area contributed by atoms with Crippen molar-refractivity contribution in [1.82, 2.24) is 24.7 Å². The molecule has 0 unspecified atom stereocenters. The number of rotatable bonds is 6. The van der Waals surface area contributed by atoms with Gasteiger partial charge in [-0.2, -0.15) is 0 Å². The van der Waals surface area contributed by atoms with Crippen LogP contribution in [0.1, 0.15) is 0 Å². The lowest BCUT2D eigenvalue weighted by molar-refractivity contribution is -0.0790. The number of thiazole rings is 1. The second-order valence-electron chi connectivity index (χ2n) is 7.75. The summed E-state index contributed by atoms with van der Waals surface area (Å²) in [6.45, 7) is 1.11. The molecule has 0 saturated carbocycles. The van der Waals surface area contributed by atoms with Crippen LogP contribution in [-0.2, 0) is 11.8 Å². The molecule has 0 bridgehead atoms. The van der Waals surface area contributed by atoms with E-state index < -0.39 is 0 Å². The third-order valence-electron chi connectivity index (χ3n) is 5.50. The van der Waals surface area contributed by atoms with Gasteiger partial charge in [0, 0.05) is 18.9 Å². The Morgan fingerprint density at radius 1 is 1.12 bits per heavy atom. The number of benzene rings is 2. The fourth-order valence-electron chi connectivity index (χ4n) is 3.85. The van der Waals surface area contributed by atoms with E-state index in [-0.39, 0.29) is 6.10 Å². The first-order valence-electron chi connectivity index (χ1n) is 10.4. The average Bonchev–Trinajstić information content (AvgIpc) is 3.41. The molecule has 0 spiro atoms. The third kappa shape index (κ3) is 3.62. The molecule has 33 heavy (non-hydrogen) atoms. The monoisotopic (exact) mass is 460 g/mol. The van der Waals surface area contributed by atoms with Gasteiger partial charge < -0.3 is 19.5 Å². The van der Waals surface area contributed by atoms with E-state index in [1.807, 2.05) is 43.0 Å². The molecule has 9 nitrogen and oxygen atoms in total. The highest BCUT2D eigenvalue weighted by atomic mass is 32.1. The van der Waals surface area contributed by atoms with Crippen molar-refractivity contribution in [1.29, 1.82) is 0 Å². The molecule has 1 aliphatic rings. The van der Waals surface area contributed by atoms with Gasteiger partial charge in [-0.05, 0) is 35.9 Å². The highest BCUT2D eigenvalue weighted by Crippen LogP contribution is 2.39. The van der Waals surface area contributed by atoms with Crippen molar-refractivity contribution in [2.24, 2.45) is 7.05 Å². The first-order chi connectivity index (χ1) is 16.2. The van der Waals surface area contributed by atoms with Crippen LogP contribution in [0, 0.1) is 0 Å². The van der Waals surface area contributed by atoms with E-state index in [0.717, 1.165) is 37.9 Å². The molecule has 1 fully saturated rings. The van der Waals surface area contributed by atoms with E-state index >= 15 is 0 Å². The maximum Gasteiger partial charge on any atom is 0.240 e. The molecule has 0 atom stereocenters. The third-order valence-corrected chi connectivity index (χ3v) is 6.29. The summed E-state index contributed by atoms with van der Waals surface area (Å²) in [5.74, 6) is 1.90. The predicted molar refractivity (Wildman–Crippen MR) is 126 cm³/mol. The lowest BCUT2D eigenvalue weighted by Gasteiger charge is -2.27. The number of aryl methyl sites for hydroxylation is 1. The molecule has 4 heterocycles. The molecule has 10 heteroatoms. The van der Waals surface area contributed by atoms with Crippen LogP contribution < -0.4 is 14.8 Å². The average molecular weight is 461 g/mol. The normalized spacial score (nSPS) is 13.9. The second kappa shape index (κ2) is 7.98. The summed E-state index contributed by atoms with van der Waals surface area (Å²) >= 11 is 1.60. The number of hydrogen-bond acceptors (Lipinski definition) is 9. The van der Waals surface area contributed by atoms with Crippen LogP contribution >= 0.6 is 11.3 Å². The second-order valence-corrected chi connectivity index (χ2v) is 8.64.